The summed E-state index contributed by atoms with van der Waals surface area (Å²) in [7, 11) is 0. The molecule has 0 aliphatic heterocycles. The van der Waals surface area contributed by atoms with Crippen molar-refractivity contribution in [3.8, 4) is 0 Å². The van der Waals surface area contributed by atoms with Gasteiger partial charge >= 0.3 is 0 Å². The molecule has 0 bridgehead atoms. The molecule has 3 heteroatoms. The van der Waals surface area contributed by atoms with Crippen molar-refractivity contribution in [3.05, 3.63) is 58.0 Å². The molecule has 0 aliphatic rings. The van der Waals surface area contributed by atoms with Crippen LogP contribution < -0.4 is 5.73 Å². The van der Waals surface area contributed by atoms with Gasteiger partial charge in [-0.1, -0.05) is 31.2 Å². The van der Waals surface area contributed by atoms with E-state index >= 15 is 0 Å². The predicted molar refractivity (Wildman–Crippen MR) is 72.9 cm³/mol. The van der Waals surface area contributed by atoms with Crippen molar-refractivity contribution in [2.24, 2.45) is 5.73 Å². The fraction of sp³-hybridized carbons (Fsp3) is 0.286. The third kappa shape index (κ3) is 3.20. The van der Waals surface area contributed by atoms with Gasteiger partial charge in [0.25, 0.3) is 0 Å². The molecule has 2 rings (SSSR count). The zero-order valence-corrected chi connectivity index (χ0v) is 11.4. The third-order valence-electron chi connectivity index (χ3n) is 2.85. The molecule has 0 spiro atoms. The van der Waals surface area contributed by atoms with Crippen LogP contribution in [0.5, 0.6) is 0 Å². The minimum Gasteiger partial charge on any atom is -0.453 e. The Bertz CT molecular complexity index is 475. The Morgan fingerprint density at radius 1 is 1.12 bits per heavy atom. The summed E-state index contributed by atoms with van der Waals surface area (Å²) in [6.45, 7) is 2.15. The molecule has 2 N–H and O–H groups in total. The second-order valence-corrected chi connectivity index (χ2v) is 4.90. The minimum absolute atomic E-state index is 0.0891. The van der Waals surface area contributed by atoms with Crippen molar-refractivity contribution in [2.75, 3.05) is 0 Å². The quantitative estimate of drug-likeness (QED) is 0.930. The van der Waals surface area contributed by atoms with E-state index in [4.69, 9.17) is 10.2 Å². The molecular weight excluding hydrogens is 278 g/mol. The number of hydrogen-bond acceptors (Lipinski definition) is 2. The average Bonchev–Trinajstić information content (AvgIpc) is 2.77. The largest absolute Gasteiger partial charge is 0.453 e. The zero-order chi connectivity index (χ0) is 12.3. The maximum absolute atomic E-state index is 6.10. The molecule has 0 radical (unpaired) electrons. The molecule has 1 unspecified atom stereocenters. The molecule has 0 saturated heterocycles. The van der Waals surface area contributed by atoms with E-state index in [9.17, 15) is 0 Å². The van der Waals surface area contributed by atoms with Crippen molar-refractivity contribution in [3.63, 3.8) is 0 Å². The molecule has 0 saturated carbocycles. The Hall–Kier alpha value is -1.06. The van der Waals surface area contributed by atoms with Crippen LogP contribution in [0.3, 0.4) is 0 Å². The first-order chi connectivity index (χ1) is 8.19. The van der Waals surface area contributed by atoms with Gasteiger partial charge < -0.3 is 10.2 Å². The van der Waals surface area contributed by atoms with Gasteiger partial charge in [-0.3, -0.25) is 0 Å². The topological polar surface area (TPSA) is 39.2 Å². The summed E-state index contributed by atoms with van der Waals surface area (Å²) in [5, 5.41) is 0. The summed E-state index contributed by atoms with van der Waals surface area (Å²) >= 11 is 3.28. The maximum Gasteiger partial charge on any atom is 0.169 e. The first-order valence-corrected chi connectivity index (χ1v) is 6.57. The summed E-state index contributed by atoms with van der Waals surface area (Å²) < 4.78 is 6.18. The van der Waals surface area contributed by atoms with Gasteiger partial charge in [-0.25, -0.2) is 0 Å². The maximum atomic E-state index is 6.10. The first kappa shape index (κ1) is 12.4. The SMILES string of the molecule is CCc1ccc(CC(N)c2ccc(Br)o2)cc1. The van der Waals surface area contributed by atoms with Crippen molar-refractivity contribution < 1.29 is 4.42 Å². The summed E-state index contributed by atoms with van der Waals surface area (Å²) in [5.74, 6) is 0.816. The van der Waals surface area contributed by atoms with Crippen molar-refractivity contribution in [1.82, 2.24) is 0 Å². The number of nitrogens with two attached hydrogens (primary N) is 1. The fourth-order valence-electron chi connectivity index (χ4n) is 1.79. The summed E-state index contributed by atoms with van der Waals surface area (Å²) in [6, 6.07) is 12.3. The minimum atomic E-state index is -0.0891. The Kier molecular flexibility index (Phi) is 4.02. The molecule has 90 valence electrons. The molecule has 1 aromatic heterocycles. The summed E-state index contributed by atoms with van der Waals surface area (Å²) in [5.41, 5.74) is 8.68. The van der Waals surface area contributed by atoms with Crippen LogP contribution in [0.15, 0.2) is 45.5 Å². The molecule has 1 heterocycles. The lowest BCUT2D eigenvalue weighted by atomic mass is 10.0. The Balaban J connectivity index is 2.04. The van der Waals surface area contributed by atoms with Crippen LogP contribution in [0.1, 0.15) is 29.9 Å². The van der Waals surface area contributed by atoms with Crippen LogP contribution in [-0.2, 0) is 12.8 Å². The van der Waals surface area contributed by atoms with Gasteiger partial charge in [-0.15, -0.1) is 0 Å². The fourth-order valence-corrected chi connectivity index (χ4v) is 2.11. The lowest BCUT2D eigenvalue weighted by Crippen LogP contribution is -2.12. The number of halogens is 1. The Labute approximate surface area is 110 Å². The molecule has 17 heavy (non-hydrogen) atoms. The van der Waals surface area contributed by atoms with E-state index in [1.807, 2.05) is 12.1 Å². The van der Waals surface area contributed by atoms with E-state index in [0.29, 0.717) is 0 Å². The van der Waals surface area contributed by atoms with Gasteiger partial charge in [0.1, 0.15) is 5.76 Å². The lowest BCUT2D eigenvalue weighted by molar-refractivity contribution is 0.448. The number of rotatable bonds is 4. The van der Waals surface area contributed by atoms with Crippen LogP contribution in [0.4, 0.5) is 0 Å². The molecule has 1 atom stereocenters. The van der Waals surface area contributed by atoms with Crippen LogP contribution in [0, 0.1) is 0 Å². The number of aryl methyl sites for hydroxylation is 1. The van der Waals surface area contributed by atoms with E-state index in [0.717, 1.165) is 23.3 Å². The number of furan rings is 1. The molecule has 2 aromatic rings. The van der Waals surface area contributed by atoms with E-state index in [2.05, 4.69) is 47.1 Å². The molecule has 0 aliphatic carbocycles. The Morgan fingerprint density at radius 2 is 1.76 bits per heavy atom. The monoisotopic (exact) mass is 293 g/mol. The highest BCUT2D eigenvalue weighted by Crippen LogP contribution is 2.21. The zero-order valence-electron chi connectivity index (χ0n) is 9.82. The number of hydrogen-bond donors (Lipinski definition) is 1. The predicted octanol–water partition coefficient (Wildman–Crippen LogP) is 3.85. The van der Waals surface area contributed by atoms with Crippen LogP contribution in [0.2, 0.25) is 0 Å². The smallest absolute Gasteiger partial charge is 0.169 e. The van der Waals surface area contributed by atoms with E-state index in [-0.39, 0.29) is 6.04 Å². The number of benzene rings is 1. The summed E-state index contributed by atoms with van der Waals surface area (Å²) in [6.07, 6.45) is 1.86. The van der Waals surface area contributed by atoms with Gasteiger partial charge in [0.05, 0.1) is 6.04 Å². The molecule has 1 aromatic carbocycles. The van der Waals surface area contributed by atoms with Crippen LogP contribution >= 0.6 is 15.9 Å². The standard InChI is InChI=1S/C14H16BrNO/c1-2-10-3-5-11(6-4-10)9-12(16)13-7-8-14(15)17-13/h3-8,12H,2,9,16H2,1H3. The van der Waals surface area contributed by atoms with E-state index in [1.165, 1.54) is 11.1 Å². The van der Waals surface area contributed by atoms with E-state index in [1.54, 1.807) is 0 Å². The van der Waals surface area contributed by atoms with Crippen molar-refractivity contribution in [1.29, 1.82) is 0 Å². The normalized spacial score (nSPS) is 12.6. The van der Waals surface area contributed by atoms with Gasteiger partial charge in [0.2, 0.25) is 0 Å². The molecule has 2 nitrogen and oxygen atoms in total. The van der Waals surface area contributed by atoms with Gasteiger partial charge in [-0.05, 0) is 52.0 Å². The van der Waals surface area contributed by atoms with Gasteiger partial charge in [-0.2, -0.15) is 0 Å². The van der Waals surface area contributed by atoms with Crippen molar-refractivity contribution >= 4 is 15.9 Å². The van der Waals surface area contributed by atoms with Gasteiger partial charge in [0, 0.05) is 0 Å². The lowest BCUT2D eigenvalue weighted by Gasteiger charge is -2.09. The van der Waals surface area contributed by atoms with Crippen LogP contribution in [0.25, 0.3) is 0 Å². The van der Waals surface area contributed by atoms with Crippen molar-refractivity contribution in [2.45, 2.75) is 25.8 Å². The second-order valence-electron chi connectivity index (χ2n) is 4.12. The molecule has 0 amide bonds. The molecule has 0 fully saturated rings. The second kappa shape index (κ2) is 5.52. The van der Waals surface area contributed by atoms with E-state index < -0.39 is 0 Å². The summed E-state index contributed by atoms with van der Waals surface area (Å²) in [4.78, 5) is 0. The highest BCUT2D eigenvalue weighted by Gasteiger charge is 2.11. The average molecular weight is 294 g/mol. The highest BCUT2D eigenvalue weighted by atomic mass is 79.9. The highest BCUT2D eigenvalue weighted by molar-refractivity contribution is 9.10. The first-order valence-electron chi connectivity index (χ1n) is 5.77. The van der Waals surface area contributed by atoms with Gasteiger partial charge in [0.15, 0.2) is 4.67 Å². The van der Waals surface area contributed by atoms with Crippen LogP contribution in [-0.4, -0.2) is 0 Å². The third-order valence-corrected chi connectivity index (χ3v) is 3.27. The Morgan fingerprint density at radius 3 is 2.29 bits per heavy atom. The molecular formula is C14H16BrNO.